The third-order valence-electron chi connectivity index (χ3n) is 4.22. The largest absolute Gasteiger partial charge is 0.379 e. The van der Waals surface area contributed by atoms with Crippen LogP contribution >= 0.6 is 0 Å². The summed E-state index contributed by atoms with van der Waals surface area (Å²) in [5.41, 5.74) is 3.55. The average Bonchev–Trinajstić information content (AvgIpc) is 3.02. The van der Waals surface area contributed by atoms with Crippen molar-refractivity contribution in [2.45, 2.75) is 13.5 Å². The van der Waals surface area contributed by atoms with Gasteiger partial charge >= 0.3 is 0 Å². The number of hydrogen-bond donors (Lipinski definition) is 0. The van der Waals surface area contributed by atoms with Crippen LogP contribution in [0.2, 0.25) is 0 Å². The molecule has 3 heterocycles. The highest BCUT2D eigenvalue weighted by atomic mass is 16.5. The highest BCUT2D eigenvalue weighted by Gasteiger charge is 2.14. The maximum atomic E-state index is 5.42. The number of rotatable bonds is 3. The molecule has 0 aliphatic carbocycles. The summed E-state index contributed by atoms with van der Waals surface area (Å²) < 4.78 is 9.95. The van der Waals surface area contributed by atoms with E-state index < -0.39 is 0 Å². The quantitative estimate of drug-likeness (QED) is 0.737. The summed E-state index contributed by atoms with van der Waals surface area (Å²) in [5.74, 6) is 1.04. The lowest BCUT2D eigenvalue weighted by Gasteiger charge is -2.26. The van der Waals surface area contributed by atoms with E-state index in [1.807, 2.05) is 6.92 Å². The van der Waals surface area contributed by atoms with Gasteiger partial charge in [-0.15, -0.1) is 0 Å². The van der Waals surface area contributed by atoms with Crippen LogP contribution < -0.4 is 0 Å². The Bertz CT molecular complexity index is 767. The summed E-state index contributed by atoms with van der Waals surface area (Å²) in [5, 5.41) is 0. The van der Waals surface area contributed by atoms with Gasteiger partial charge in [0.2, 0.25) is 5.78 Å². The van der Waals surface area contributed by atoms with Crippen LogP contribution in [-0.2, 0) is 11.3 Å². The summed E-state index contributed by atoms with van der Waals surface area (Å²) in [7, 11) is 0. The monoisotopic (exact) mass is 284 g/mol. The zero-order valence-electron chi connectivity index (χ0n) is 12.3. The van der Waals surface area contributed by atoms with E-state index in [0.717, 1.165) is 50.9 Å². The standard InChI is InChI=1S/C16H20N4O/c1-13-12-20-15-5-3-2-4-14(15)19(16(20)17-13)7-6-18-8-10-21-11-9-18/h2-5,12H,6-11H2,1H3. The van der Waals surface area contributed by atoms with Crippen LogP contribution in [-0.4, -0.2) is 51.7 Å². The first-order valence-corrected chi connectivity index (χ1v) is 7.56. The van der Waals surface area contributed by atoms with Crippen molar-refractivity contribution in [3.05, 3.63) is 36.2 Å². The van der Waals surface area contributed by atoms with E-state index in [2.05, 4.69) is 44.3 Å². The molecule has 0 unspecified atom stereocenters. The van der Waals surface area contributed by atoms with Crippen molar-refractivity contribution < 1.29 is 4.74 Å². The summed E-state index contributed by atoms with van der Waals surface area (Å²) in [6, 6.07) is 8.52. The van der Waals surface area contributed by atoms with Gasteiger partial charge in [0.15, 0.2) is 0 Å². The van der Waals surface area contributed by atoms with Crippen LogP contribution in [0.1, 0.15) is 5.69 Å². The number of imidazole rings is 2. The fraction of sp³-hybridized carbons (Fsp3) is 0.438. The first kappa shape index (κ1) is 12.9. The molecule has 1 saturated heterocycles. The molecule has 1 aromatic carbocycles. The minimum absolute atomic E-state index is 0.852. The molecule has 21 heavy (non-hydrogen) atoms. The Hall–Kier alpha value is -1.85. The van der Waals surface area contributed by atoms with Crippen LogP contribution in [0, 0.1) is 6.92 Å². The van der Waals surface area contributed by atoms with Crippen LogP contribution in [0.4, 0.5) is 0 Å². The molecule has 0 saturated carbocycles. The molecule has 2 aromatic heterocycles. The molecule has 0 N–H and O–H groups in total. The van der Waals surface area contributed by atoms with Crippen molar-refractivity contribution >= 4 is 16.8 Å². The van der Waals surface area contributed by atoms with E-state index in [4.69, 9.17) is 9.72 Å². The number of para-hydroxylation sites is 2. The van der Waals surface area contributed by atoms with E-state index >= 15 is 0 Å². The first-order valence-electron chi connectivity index (χ1n) is 7.56. The molecule has 0 atom stereocenters. The predicted octanol–water partition coefficient (Wildman–Crippen LogP) is 1.93. The predicted molar refractivity (Wildman–Crippen MR) is 82.7 cm³/mol. The highest BCUT2D eigenvalue weighted by Crippen LogP contribution is 2.21. The molecule has 1 aliphatic heterocycles. The Morgan fingerprint density at radius 3 is 2.67 bits per heavy atom. The van der Waals surface area contributed by atoms with E-state index in [-0.39, 0.29) is 0 Å². The number of fused-ring (bicyclic) bond motifs is 3. The molecule has 5 nitrogen and oxygen atoms in total. The Morgan fingerprint density at radius 1 is 1.10 bits per heavy atom. The van der Waals surface area contributed by atoms with Gasteiger partial charge in [0.25, 0.3) is 0 Å². The van der Waals surface area contributed by atoms with Crippen LogP contribution in [0.15, 0.2) is 30.5 Å². The summed E-state index contributed by atoms with van der Waals surface area (Å²) in [6.45, 7) is 7.83. The SMILES string of the molecule is Cc1cn2c3ccccc3n(CCN3CCOCC3)c2n1. The van der Waals surface area contributed by atoms with Gasteiger partial charge in [-0.1, -0.05) is 12.1 Å². The second kappa shape index (κ2) is 5.16. The molecule has 0 radical (unpaired) electrons. The number of ether oxygens (including phenoxy) is 1. The second-order valence-corrected chi connectivity index (χ2v) is 5.65. The van der Waals surface area contributed by atoms with Gasteiger partial charge in [0.05, 0.1) is 29.9 Å². The Balaban J connectivity index is 1.71. The van der Waals surface area contributed by atoms with E-state index in [9.17, 15) is 0 Å². The smallest absolute Gasteiger partial charge is 0.215 e. The summed E-state index contributed by atoms with van der Waals surface area (Å²) >= 11 is 0. The van der Waals surface area contributed by atoms with E-state index in [0.29, 0.717) is 0 Å². The third-order valence-corrected chi connectivity index (χ3v) is 4.22. The number of nitrogens with zero attached hydrogens (tertiary/aromatic N) is 4. The first-order chi connectivity index (χ1) is 10.3. The van der Waals surface area contributed by atoms with Gasteiger partial charge in [-0.05, 0) is 19.1 Å². The topological polar surface area (TPSA) is 34.7 Å². The summed E-state index contributed by atoms with van der Waals surface area (Å²) in [4.78, 5) is 7.16. The Kier molecular flexibility index (Phi) is 3.16. The van der Waals surface area contributed by atoms with Crippen molar-refractivity contribution in [1.29, 1.82) is 0 Å². The molecule has 0 bridgehead atoms. The normalized spacial score (nSPS) is 17.0. The van der Waals surface area contributed by atoms with Crippen LogP contribution in [0.3, 0.4) is 0 Å². The molecule has 0 amide bonds. The lowest BCUT2D eigenvalue weighted by Crippen LogP contribution is -2.38. The molecular weight excluding hydrogens is 264 g/mol. The van der Waals surface area contributed by atoms with Crippen molar-refractivity contribution in [3.8, 4) is 0 Å². The summed E-state index contributed by atoms with van der Waals surface area (Å²) in [6.07, 6.45) is 2.11. The molecule has 1 aliphatic rings. The van der Waals surface area contributed by atoms with Crippen molar-refractivity contribution in [3.63, 3.8) is 0 Å². The van der Waals surface area contributed by atoms with Gasteiger partial charge in [-0.3, -0.25) is 9.30 Å². The zero-order valence-corrected chi connectivity index (χ0v) is 12.3. The number of hydrogen-bond acceptors (Lipinski definition) is 3. The van der Waals surface area contributed by atoms with Gasteiger partial charge in [0, 0.05) is 32.4 Å². The van der Waals surface area contributed by atoms with Gasteiger partial charge in [-0.2, -0.15) is 0 Å². The molecule has 5 heteroatoms. The van der Waals surface area contributed by atoms with Crippen LogP contribution in [0.5, 0.6) is 0 Å². The molecular formula is C16H20N4O. The third kappa shape index (κ3) is 2.22. The van der Waals surface area contributed by atoms with Crippen LogP contribution in [0.25, 0.3) is 16.8 Å². The number of benzene rings is 1. The molecule has 3 aromatic rings. The van der Waals surface area contributed by atoms with Gasteiger partial charge < -0.3 is 9.30 Å². The number of aromatic nitrogens is 3. The zero-order chi connectivity index (χ0) is 14.2. The highest BCUT2D eigenvalue weighted by molar-refractivity contribution is 5.80. The maximum absolute atomic E-state index is 5.42. The van der Waals surface area contributed by atoms with E-state index in [1.165, 1.54) is 11.0 Å². The van der Waals surface area contributed by atoms with Gasteiger partial charge in [-0.25, -0.2) is 4.98 Å². The minimum Gasteiger partial charge on any atom is -0.379 e. The molecule has 0 spiro atoms. The average molecular weight is 284 g/mol. The molecule has 110 valence electrons. The number of morpholine rings is 1. The molecule has 1 fully saturated rings. The van der Waals surface area contributed by atoms with Crippen molar-refractivity contribution in [2.75, 3.05) is 32.8 Å². The number of aryl methyl sites for hydroxylation is 1. The van der Waals surface area contributed by atoms with Gasteiger partial charge in [0.1, 0.15) is 0 Å². The minimum atomic E-state index is 0.852. The fourth-order valence-corrected chi connectivity index (χ4v) is 3.14. The second-order valence-electron chi connectivity index (χ2n) is 5.65. The Labute approximate surface area is 123 Å². The van der Waals surface area contributed by atoms with E-state index in [1.54, 1.807) is 0 Å². The molecule has 4 rings (SSSR count). The Morgan fingerprint density at radius 2 is 1.86 bits per heavy atom. The lowest BCUT2D eigenvalue weighted by molar-refractivity contribution is 0.0366. The van der Waals surface area contributed by atoms with Crippen molar-refractivity contribution in [1.82, 2.24) is 18.9 Å². The fourth-order valence-electron chi connectivity index (χ4n) is 3.14. The maximum Gasteiger partial charge on any atom is 0.215 e. The lowest BCUT2D eigenvalue weighted by atomic mass is 10.3. The van der Waals surface area contributed by atoms with Crippen molar-refractivity contribution in [2.24, 2.45) is 0 Å².